The summed E-state index contributed by atoms with van der Waals surface area (Å²) >= 11 is 0. The number of benzene rings is 2. The van der Waals surface area contributed by atoms with Crippen LogP contribution >= 0.6 is 0 Å². The third-order valence-electron chi connectivity index (χ3n) is 4.15. The van der Waals surface area contributed by atoms with E-state index in [0.717, 1.165) is 10.5 Å². The van der Waals surface area contributed by atoms with Crippen molar-refractivity contribution in [3.63, 3.8) is 0 Å². The Kier molecular flexibility index (Phi) is 4.90. The lowest BCUT2D eigenvalue weighted by atomic mass is 10.1. The Hall–Kier alpha value is -3.28. The molecule has 1 heterocycles. The third-order valence-corrected chi connectivity index (χ3v) is 4.15. The molecule has 2 aromatic rings. The Morgan fingerprint density at radius 3 is 2.26 bits per heavy atom. The predicted octanol–water partition coefficient (Wildman–Crippen LogP) is 3.63. The van der Waals surface area contributed by atoms with Crippen molar-refractivity contribution in [2.75, 3.05) is 12.0 Å². The zero-order chi connectivity index (χ0) is 19.7. The molecule has 1 aliphatic rings. The summed E-state index contributed by atoms with van der Waals surface area (Å²) in [6, 6.07) is 11.8. The number of carbonyl (C=O) groups excluding carboxylic acids is 2. The average Bonchev–Trinajstić information content (AvgIpc) is 2.84. The number of anilines is 1. The van der Waals surface area contributed by atoms with Gasteiger partial charge < -0.3 is 14.6 Å². The number of ether oxygens (including phenoxy) is 2. The molecule has 2 aromatic carbocycles. The van der Waals surface area contributed by atoms with Gasteiger partial charge >= 0.3 is 5.91 Å². The van der Waals surface area contributed by atoms with Gasteiger partial charge in [0.15, 0.2) is 5.76 Å². The van der Waals surface area contributed by atoms with Crippen molar-refractivity contribution in [3.05, 3.63) is 59.4 Å². The first-order valence-electron chi connectivity index (χ1n) is 8.57. The fourth-order valence-corrected chi connectivity index (χ4v) is 2.94. The van der Waals surface area contributed by atoms with E-state index in [2.05, 4.69) is 0 Å². The van der Waals surface area contributed by atoms with Crippen LogP contribution in [0.4, 0.5) is 5.69 Å². The molecule has 3 rings (SSSR count). The van der Waals surface area contributed by atoms with Gasteiger partial charge in [-0.3, -0.25) is 9.59 Å². The topological polar surface area (TPSA) is 76.1 Å². The quantitative estimate of drug-likeness (QED) is 0.817. The molecule has 1 aliphatic heterocycles. The monoisotopic (exact) mass is 367 g/mol. The van der Waals surface area contributed by atoms with Crippen LogP contribution in [0.3, 0.4) is 0 Å². The van der Waals surface area contributed by atoms with Gasteiger partial charge in [-0.2, -0.15) is 0 Å². The van der Waals surface area contributed by atoms with Gasteiger partial charge in [-0.1, -0.05) is 18.2 Å². The van der Waals surface area contributed by atoms with E-state index in [9.17, 15) is 14.7 Å². The summed E-state index contributed by atoms with van der Waals surface area (Å²) in [7, 11) is 1.46. The SMILES string of the molecule is COc1ccc(C)cc1N1C(=O)C(O)=C(c2ccc(OC(C)C)cc2)C1=O. The van der Waals surface area contributed by atoms with Crippen LogP contribution in [0, 0.1) is 6.92 Å². The summed E-state index contributed by atoms with van der Waals surface area (Å²) in [5.41, 5.74) is 1.55. The molecule has 0 radical (unpaired) electrons. The molecule has 0 saturated carbocycles. The molecule has 27 heavy (non-hydrogen) atoms. The smallest absolute Gasteiger partial charge is 0.301 e. The van der Waals surface area contributed by atoms with Crippen LogP contribution in [0.15, 0.2) is 48.2 Å². The molecule has 0 unspecified atom stereocenters. The number of hydrogen-bond donors (Lipinski definition) is 1. The van der Waals surface area contributed by atoms with Crippen molar-refractivity contribution in [2.24, 2.45) is 0 Å². The number of aliphatic hydroxyl groups excluding tert-OH is 1. The number of carbonyl (C=O) groups is 2. The standard InChI is InChI=1S/C21H21NO5/c1-12(2)27-15-8-6-14(7-9-15)18-19(23)21(25)22(20(18)24)16-11-13(3)5-10-17(16)26-4/h5-12,23H,1-4H3. The predicted molar refractivity (Wildman–Crippen MR) is 102 cm³/mol. The minimum atomic E-state index is -0.776. The molecule has 0 fully saturated rings. The van der Waals surface area contributed by atoms with Gasteiger partial charge in [0.05, 0.1) is 24.5 Å². The Labute approximate surface area is 157 Å². The van der Waals surface area contributed by atoms with E-state index in [1.807, 2.05) is 26.8 Å². The highest BCUT2D eigenvalue weighted by Crippen LogP contribution is 2.37. The van der Waals surface area contributed by atoms with Crippen LogP contribution < -0.4 is 14.4 Å². The fourth-order valence-electron chi connectivity index (χ4n) is 2.94. The highest BCUT2D eigenvalue weighted by Gasteiger charge is 2.41. The molecular formula is C21H21NO5. The van der Waals surface area contributed by atoms with E-state index in [1.54, 1.807) is 36.4 Å². The van der Waals surface area contributed by atoms with E-state index in [0.29, 0.717) is 22.7 Å². The summed E-state index contributed by atoms with van der Waals surface area (Å²) in [5, 5.41) is 10.4. The maximum Gasteiger partial charge on any atom is 0.301 e. The summed E-state index contributed by atoms with van der Waals surface area (Å²) in [6.45, 7) is 5.67. The van der Waals surface area contributed by atoms with Gasteiger partial charge in [-0.15, -0.1) is 0 Å². The fraction of sp³-hybridized carbons (Fsp3) is 0.238. The lowest BCUT2D eigenvalue weighted by Crippen LogP contribution is -2.32. The number of rotatable bonds is 5. The van der Waals surface area contributed by atoms with Crippen LogP contribution in [0.5, 0.6) is 11.5 Å². The number of hydrogen-bond acceptors (Lipinski definition) is 5. The first-order valence-corrected chi connectivity index (χ1v) is 8.57. The molecule has 0 aromatic heterocycles. The van der Waals surface area contributed by atoms with Crippen molar-refractivity contribution < 1.29 is 24.2 Å². The van der Waals surface area contributed by atoms with E-state index in [1.165, 1.54) is 7.11 Å². The Bertz CT molecular complexity index is 928. The molecule has 0 saturated heterocycles. The molecule has 6 heteroatoms. The highest BCUT2D eigenvalue weighted by atomic mass is 16.5. The van der Waals surface area contributed by atoms with Crippen molar-refractivity contribution in [3.8, 4) is 11.5 Å². The van der Waals surface area contributed by atoms with Gasteiger partial charge in [0.25, 0.3) is 5.91 Å². The maximum atomic E-state index is 13.0. The molecule has 0 atom stereocenters. The van der Waals surface area contributed by atoms with Crippen LogP contribution in [-0.2, 0) is 9.59 Å². The molecule has 2 amide bonds. The van der Waals surface area contributed by atoms with E-state index < -0.39 is 17.6 Å². The number of amides is 2. The third kappa shape index (κ3) is 3.38. The van der Waals surface area contributed by atoms with E-state index >= 15 is 0 Å². The number of imide groups is 1. The molecular weight excluding hydrogens is 346 g/mol. The van der Waals surface area contributed by atoms with Crippen molar-refractivity contribution in [1.29, 1.82) is 0 Å². The average molecular weight is 367 g/mol. The summed E-state index contributed by atoms with van der Waals surface area (Å²) < 4.78 is 10.9. The largest absolute Gasteiger partial charge is 0.502 e. The minimum absolute atomic E-state index is 0.0161. The second-order valence-electron chi connectivity index (χ2n) is 6.54. The van der Waals surface area contributed by atoms with Crippen LogP contribution in [-0.4, -0.2) is 30.1 Å². The molecule has 0 spiro atoms. The normalized spacial score (nSPS) is 14.3. The van der Waals surface area contributed by atoms with E-state index in [-0.39, 0.29) is 11.7 Å². The first-order chi connectivity index (χ1) is 12.8. The highest BCUT2D eigenvalue weighted by molar-refractivity contribution is 6.45. The van der Waals surface area contributed by atoms with Crippen molar-refractivity contribution in [2.45, 2.75) is 26.9 Å². The summed E-state index contributed by atoms with van der Waals surface area (Å²) in [5.74, 6) is -0.943. The van der Waals surface area contributed by atoms with Gasteiger partial charge in [-0.05, 0) is 56.2 Å². The molecule has 0 bridgehead atoms. The van der Waals surface area contributed by atoms with Gasteiger partial charge in [-0.25, -0.2) is 4.90 Å². The number of methoxy groups -OCH3 is 1. The maximum absolute atomic E-state index is 13.0. The lowest BCUT2D eigenvalue weighted by molar-refractivity contribution is -0.121. The van der Waals surface area contributed by atoms with Crippen LogP contribution in [0.1, 0.15) is 25.0 Å². The summed E-state index contributed by atoms with van der Waals surface area (Å²) in [4.78, 5) is 26.5. The van der Waals surface area contributed by atoms with Gasteiger partial charge in [0, 0.05) is 0 Å². The number of nitrogens with zero attached hydrogens (tertiary/aromatic N) is 1. The van der Waals surface area contributed by atoms with E-state index in [4.69, 9.17) is 9.47 Å². The molecule has 6 nitrogen and oxygen atoms in total. The first kappa shape index (κ1) is 18.5. The second kappa shape index (κ2) is 7.15. The zero-order valence-corrected chi connectivity index (χ0v) is 15.6. The Morgan fingerprint density at radius 2 is 1.67 bits per heavy atom. The summed E-state index contributed by atoms with van der Waals surface area (Å²) in [6.07, 6.45) is 0.0161. The molecule has 1 N–H and O–H groups in total. The lowest BCUT2D eigenvalue weighted by Gasteiger charge is -2.18. The van der Waals surface area contributed by atoms with Gasteiger partial charge in [0.2, 0.25) is 0 Å². The van der Waals surface area contributed by atoms with Gasteiger partial charge in [0.1, 0.15) is 11.5 Å². The zero-order valence-electron chi connectivity index (χ0n) is 15.6. The van der Waals surface area contributed by atoms with Crippen LogP contribution in [0.25, 0.3) is 5.57 Å². The minimum Gasteiger partial charge on any atom is -0.502 e. The van der Waals surface area contributed by atoms with Crippen molar-refractivity contribution >= 4 is 23.1 Å². The second-order valence-corrected chi connectivity index (χ2v) is 6.54. The Balaban J connectivity index is 1.99. The Morgan fingerprint density at radius 1 is 1.00 bits per heavy atom. The number of aliphatic hydroxyl groups is 1. The molecule has 140 valence electrons. The van der Waals surface area contributed by atoms with Crippen LogP contribution in [0.2, 0.25) is 0 Å². The number of aryl methyl sites for hydroxylation is 1. The molecule has 0 aliphatic carbocycles. The van der Waals surface area contributed by atoms with Crippen molar-refractivity contribution in [1.82, 2.24) is 0 Å².